The molecular weight excluding hydrogens is 316 g/mol. The lowest BCUT2D eigenvalue weighted by Gasteiger charge is -2.18. The van der Waals surface area contributed by atoms with E-state index in [0.717, 1.165) is 11.3 Å². The van der Waals surface area contributed by atoms with Crippen LogP contribution in [0.4, 0.5) is 0 Å². The molecule has 0 spiro atoms. The number of fused-ring (bicyclic) bond motifs is 2. The smallest absolute Gasteiger partial charge is 0.354 e. The molecule has 0 saturated heterocycles. The topological polar surface area (TPSA) is 73.1 Å². The first-order chi connectivity index (χ1) is 11.2. The maximum absolute atomic E-state index is 11.7. The summed E-state index contributed by atoms with van der Waals surface area (Å²) in [5, 5.41) is 11.5. The van der Waals surface area contributed by atoms with Gasteiger partial charge in [0.15, 0.2) is 22.2 Å². The van der Waals surface area contributed by atoms with E-state index < -0.39 is 5.97 Å². The number of carbonyl (C=O) groups is 1. The number of aromatic carboxylic acids is 1. The fourth-order valence-electron chi connectivity index (χ4n) is 2.77. The van der Waals surface area contributed by atoms with Crippen molar-refractivity contribution in [2.45, 2.75) is 13.3 Å². The fraction of sp³-hybridized carbons (Fsp3) is 0.250. The van der Waals surface area contributed by atoms with Crippen molar-refractivity contribution in [2.75, 3.05) is 13.2 Å². The fourth-order valence-corrected chi connectivity index (χ4v) is 3.69. The highest BCUT2D eigenvalue weighted by Crippen LogP contribution is 2.36. The molecule has 23 heavy (non-hydrogen) atoms. The first kappa shape index (κ1) is 14.1. The van der Waals surface area contributed by atoms with Crippen molar-refractivity contribution in [3.05, 3.63) is 35.0 Å². The Balaban J connectivity index is 1.92. The second-order valence-corrected chi connectivity index (χ2v) is 6.00. The molecule has 4 rings (SSSR count). The van der Waals surface area contributed by atoms with E-state index in [1.165, 1.54) is 11.3 Å². The van der Waals surface area contributed by atoms with Crippen LogP contribution >= 0.6 is 11.3 Å². The van der Waals surface area contributed by atoms with Crippen molar-refractivity contribution in [2.24, 2.45) is 0 Å². The van der Waals surface area contributed by atoms with Gasteiger partial charge >= 0.3 is 5.97 Å². The highest BCUT2D eigenvalue weighted by molar-refractivity contribution is 7.15. The van der Waals surface area contributed by atoms with Crippen LogP contribution in [0, 0.1) is 0 Å². The second-order valence-electron chi connectivity index (χ2n) is 5.16. The zero-order chi connectivity index (χ0) is 16.0. The summed E-state index contributed by atoms with van der Waals surface area (Å²) in [6, 6.07) is 5.64. The Morgan fingerprint density at radius 1 is 1.35 bits per heavy atom. The molecule has 0 amide bonds. The van der Waals surface area contributed by atoms with Gasteiger partial charge in [-0.15, -0.1) is 11.3 Å². The number of thiazole rings is 1. The van der Waals surface area contributed by atoms with Crippen LogP contribution in [0.1, 0.15) is 23.1 Å². The van der Waals surface area contributed by atoms with Gasteiger partial charge in [0.25, 0.3) is 0 Å². The van der Waals surface area contributed by atoms with Crippen LogP contribution in [0.25, 0.3) is 16.2 Å². The molecule has 0 atom stereocenters. The number of carboxylic acid groups (broad SMARTS) is 1. The van der Waals surface area contributed by atoms with Crippen molar-refractivity contribution >= 4 is 22.3 Å². The lowest BCUT2D eigenvalue weighted by atomic mass is 10.1. The van der Waals surface area contributed by atoms with Crippen LogP contribution in [0.15, 0.2) is 23.6 Å². The lowest BCUT2D eigenvalue weighted by molar-refractivity contribution is 0.0688. The number of ether oxygens (including phenoxy) is 2. The molecule has 0 bridgehead atoms. The summed E-state index contributed by atoms with van der Waals surface area (Å²) in [5.74, 6) is 0.428. The Hall–Kier alpha value is -2.54. The van der Waals surface area contributed by atoms with Gasteiger partial charge in [-0.2, -0.15) is 0 Å². The van der Waals surface area contributed by atoms with Crippen molar-refractivity contribution in [1.29, 1.82) is 0 Å². The summed E-state index contributed by atoms with van der Waals surface area (Å²) in [6.07, 6.45) is 0.580. The Labute approximate surface area is 135 Å². The molecular formula is C16H14N2O4S. The number of hydrogen-bond acceptors (Lipinski definition) is 5. The van der Waals surface area contributed by atoms with E-state index in [1.54, 1.807) is 4.40 Å². The van der Waals surface area contributed by atoms with Crippen molar-refractivity contribution in [3.63, 3.8) is 0 Å². The van der Waals surface area contributed by atoms with E-state index in [1.807, 2.05) is 30.5 Å². The van der Waals surface area contributed by atoms with E-state index in [4.69, 9.17) is 9.47 Å². The first-order valence-corrected chi connectivity index (χ1v) is 8.19. The third kappa shape index (κ3) is 2.16. The largest absolute Gasteiger partial charge is 0.486 e. The normalized spacial score (nSPS) is 13.4. The monoisotopic (exact) mass is 330 g/mol. The number of nitrogens with zero attached hydrogens (tertiary/aromatic N) is 2. The Morgan fingerprint density at radius 3 is 2.87 bits per heavy atom. The average Bonchev–Trinajstić information content (AvgIpc) is 3.12. The standard InChI is InChI=1S/C16H14N2O4S/c1-2-10-14(15(19)20)18-11(8-23-16(18)17-10)9-3-4-12-13(7-9)22-6-5-21-12/h3-4,7-8H,2,5-6H2,1H3,(H,19,20). The van der Waals surface area contributed by atoms with Crippen LogP contribution in [-0.2, 0) is 6.42 Å². The number of rotatable bonds is 3. The van der Waals surface area contributed by atoms with Crippen molar-refractivity contribution in [1.82, 2.24) is 9.38 Å². The molecule has 1 aromatic carbocycles. The lowest BCUT2D eigenvalue weighted by Crippen LogP contribution is -2.15. The summed E-state index contributed by atoms with van der Waals surface area (Å²) < 4.78 is 12.9. The average molecular weight is 330 g/mol. The van der Waals surface area contributed by atoms with Gasteiger partial charge < -0.3 is 14.6 Å². The van der Waals surface area contributed by atoms with E-state index in [-0.39, 0.29) is 5.69 Å². The van der Waals surface area contributed by atoms with Crippen LogP contribution < -0.4 is 9.47 Å². The molecule has 118 valence electrons. The van der Waals surface area contributed by atoms with Gasteiger partial charge in [-0.3, -0.25) is 4.40 Å². The quantitative estimate of drug-likeness (QED) is 0.799. The Bertz CT molecular complexity index is 912. The summed E-state index contributed by atoms with van der Waals surface area (Å²) in [6.45, 7) is 2.96. The van der Waals surface area contributed by atoms with Crippen LogP contribution in [-0.4, -0.2) is 33.7 Å². The molecule has 3 aromatic rings. The molecule has 0 radical (unpaired) electrons. The molecule has 0 fully saturated rings. The number of carboxylic acids is 1. The number of imidazole rings is 1. The molecule has 1 aliphatic heterocycles. The Kier molecular flexibility index (Phi) is 3.23. The van der Waals surface area contributed by atoms with Crippen LogP contribution in [0.3, 0.4) is 0 Å². The molecule has 7 heteroatoms. The predicted molar refractivity (Wildman–Crippen MR) is 85.8 cm³/mol. The van der Waals surface area contributed by atoms with E-state index in [2.05, 4.69) is 4.98 Å². The second kappa shape index (κ2) is 5.27. The maximum Gasteiger partial charge on any atom is 0.354 e. The summed E-state index contributed by atoms with van der Waals surface area (Å²) in [7, 11) is 0. The SMILES string of the molecule is CCc1nc2scc(-c3ccc4c(c3)OCCO4)n2c1C(=O)O. The van der Waals surface area contributed by atoms with Gasteiger partial charge in [-0.1, -0.05) is 6.92 Å². The molecule has 0 saturated carbocycles. The van der Waals surface area contributed by atoms with E-state index >= 15 is 0 Å². The van der Waals surface area contributed by atoms with E-state index in [0.29, 0.717) is 41.8 Å². The highest BCUT2D eigenvalue weighted by atomic mass is 32.1. The minimum absolute atomic E-state index is 0.230. The summed E-state index contributed by atoms with van der Waals surface area (Å²) >= 11 is 1.43. The molecule has 1 N–H and O–H groups in total. The zero-order valence-corrected chi connectivity index (χ0v) is 13.2. The number of aryl methyl sites for hydroxylation is 1. The van der Waals surface area contributed by atoms with Gasteiger partial charge in [0.05, 0.1) is 11.4 Å². The summed E-state index contributed by atoms with van der Waals surface area (Å²) in [4.78, 5) is 16.8. The number of hydrogen-bond donors (Lipinski definition) is 1. The van der Waals surface area contributed by atoms with E-state index in [9.17, 15) is 9.90 Å². The van der Waals surface area contributed by atoms with Gasteiger partial charge in [0, 0.05) is 10.9 Å². The van der Waals surface area contributed by atoms with Crippen LogP contribution in [0.2, 0.25) is 0 Å². The van der Waals surface area contributed by atoms with Crippen molar-refractivity contribution in [3.8, 4) is 22.8 Å². The molecule has 1 aliphatic rings. The van der Waals surface area contributed by atoms with Gasteiger partial charge in [-0.05, 0) is 24.6 Å². The third-order valence-corrected chi connectivity index (χ3v) is 4.64. The molecule has 3 heterocycles. The van der Waals surface area contributed by atoms with Gasteiger partial charge in [0.2, 0.25) is 0 Å². The van der Waals surface area contributed by atoms with Gasteiger partial charge in [0.1, 0.15) is 13.2 Å². The number of aromatic nitrogens is 2. The van der Waals surface area contributed by atoms with Crippen molar-refractivity contribution < 1.29 is 19.4 Å². The molecule has 0 unspecified atom stereocenters. The molecule has 0 aliphatic carbocycles. The van der Waals surface area contributed by atoms with Crippen LogP contribution in [0.5, 0.6) is 11.5 Å². The minimum atomic E-state index is -0.966. The Morgan fingerprint density at radius 2 is 2.13 bits per heavy atom. The number of benzene rings is 1. The molecule has 2 aromatic heterocycles. The maximum atomic E-state index is 11.7. The zero-order valence-electron chi connectivity index (χ0n) is 12.4. The minimum Gasteiger partial charge on any atom is -0.486 e. The van der Waals surface area contributed by atoms with Gasteiger partial charge in [-0.25, -0.2) is 9.78 Å². The molecule has 6 nitrogen and oxygen atoms in total. The predicted octanol–water partition coefficient (Wildman–Crippen LogP) is 3.09. The summed E-state index contributed by atoms with van der Waals surface area (Å²) in [5.41, 5.74) is 2.51. The highest BCUT2D eigenvalue weighted by Gasteiger charge is 2.22. The third-order valence-electron chi connectivity index (χ3n) is 3.81. The first-order valence-electron chi connectivity index (χ1n) is 7.31.